The first-order chi connectivity index (χ1) is 9.26. The Labute approximate surface area is 110 Å². The molecule has 0 unspecified atom stereocenters. The molecule has 3 heterocycles. The third kappa shape index (κ3) is 2.26. The second kappa shape index (κ2) is 4.66. The molecule has 10 heteroatoms. The molecule has 0 amide bonds. The maximum absolute atomic E-state index is 11.2. The average molecular weight is 276 g/mol. The molecule has 0 aromatic carbocycles. The molecule has 0 saturated carbocycles. The number of aromatic amines is 2. The maximum Gasteiger partial charge on any atom is 0.251 e. The first kappa shape index (κ1) is 11.6. The molecule has 3 aromatic rings. The summed E-state index contributed by atoms with van der Waals surface area (Å²) in [5, 5.41) is 8.35. The molecule has 96 valence electrons. The molecule has 0 aliphatic heterocycles. The molecule has 0 radical (unpaired) electrons. The van der Waals surface area contributed by atoms with Crippen molar-refractivity contribution in [1.29, 1.82) is 0 Å². The Bertz CT molecular complexity index is 781. The average Bonchev–Trinajstić information content (AvgIpc) is 2.87. The first-order valence-corrected chi connectivity index (χ1v) is 5.99. The highest BCUT2D eigenvalue weighted by atomic mass is 32.2. The fraction of sp³-hybridized carbons (Fsp3) is 0. The van der Waals surface area contributed by atoms with Gasteiger partial charge in [-0.3, -0.25) is 15.3 Å². The summed E-state index contributed by atoms with van der Waals surface area (Å²) >= 11 is 1.19. The molecular formula is C9H8N8OS. The zero-order valence-electron chi connectivity index (χ0n) is 9.41. The molecule has 3 aromatic heterocycles. The van der Waals surface area contributed by atoms with Gasteiger partial charge < -0.3 is 4.98 Å². The molecule has 3 rings (SSSR count). The third-order valence-electron chi connectivity index (χ3n) is 2.25. The van der Waals surface area contributed by atoms with Gasteiger partial charge in [0.2, 0.25) is 5.95 Å². The topological polar surface area (TPSA) is 138 Å². The Morgan fingerprint density at radius 2 is 2.26 bits per heavy atom. The van der Waals surface area contributed by atoms with Crippen molar-refractivity contribution in [2.45, 2.75) is 10.2 Å². The lowest BCUT2D eigenvalue weighted by Gasteiger charge is -2.03. The van der Waals surface area contributed by atoms with E-state index in [-0.39, 0.29) is 11.5 Å². The molecule has 19 heavy (non-hydrogen) atoms. The standard InChI is InChI=1S/C9H8N8OS/c10-16-8-14-6-4(3-12-17-6)7(15-8)19-9-11-2-1-5(18)13-9/h1-3H,10H2,(H,11,13,18)(H2,12,14,15,16,17). The second-order valence-electron chi connectivity index (χ2n) is 3.47. The molecule has 0 aliphatic rings. The summed E-state index contributed by atoms with van der Waals surface area (Å²) in [7, 11) is 0. The van der Waals surface area contributed by atoms with Gasteiger partial charge in [0.15, 0.2) is 10.8 Å². The van der Waals surface area contributed by atoms with Crippen LogP contribution in [0.1, 0.15) is 0 Å². The molecule has 5 N–H and O–H groups in total. The van der Waals surface area contributed by atoms with Crippen molar-refractivity contribution in [2.24, 2.45) is 5.84 Å². The van der Waals surface area contributed by atoms with Crippen LogP contribution >= 0.6 is 11.8 Å². The highest BCUT2D eigenvalue weighted by Gasteiger charge is 2.11. The quantitative estimate of drug-likeness (QED) is 0.225. The number of hydrogen-bond acceptors (Lipinski definition) is 8. The van der Waals surface area contributed by atoms with Gasteiger partial charge in [0.25, 0.3) is 5.56 Å². The van der Waals surface area contributed by atoms with Crippen molar-refractivity contribution in [3.8, 4) is 0 Å². The van der Waals surface area contributed by atoms with Crippen LogP contribution in [0.25, 0.3) is 11.0 Å². The second-order valence-corrected chi connectivity index (χ2v) is 4.45. The lowest BCUT2D eigenvalue weighted by atomic mass is 10.4. The Balaban J connectivity index is 2.08. The van der Waals surface area contributed by atoms with Gasteiger partial charge >= 0.3 is 0 Å². The number of H-pyrrole nitrogens is 2. The number of hydrazine groups is 1. The van der Waals surface area contributed by atoms with Gasteiger partial charge in [0, 0.05) is 12.3 Å². The van der Waals surface area contributed by atoms with Gasteiger partial charge in [-0.2, -0.15) is 10.1 Å². The van der Waals surface area contributed by atoms with Gasteiger partial charge in [0.1, 0.15) is 5.03 Å². The van der Waals surface area contributed by atoms with Crippen LogP contribution in [0.3, 0.4) is 0 Å². The van der Waals surface area contributed by atoms with Gasteiger partial charge in [0.05, 0.1) is 11.6 Å². The lowest BCUT2D eigenvalue weighted by molar-refractivity contribution is 0.932. The minimum atomic E-state index is -0.229. The molecule has 0 bridgehead atoms. The zero-order valence-corrected chi connectivity index (χ0v) is 10.2. The normalized spacial score (nSPS) is 10.8. The van der Waals surface area contributed by atoms with Crippen LogP contribution < -0.4 is 16.8 Å². The summed E-state index contributed by atoms with van der Waals surface area (Å²) in [6.07, 6.45) is 3.02. The Hall–Kier alpha value is -2.46. The number of hydrogen-bond donors (Lipinski definition) is 4. The number of nitrogens with two attached hydrogens (primary N) is 1. The zero-order chi connectivity index (χ0) is 13.2. The number of nitrogen functional groups attached to an aromatic ring is 1. The third-order valence-corrected chi connectivity index (χ3v) is 3.15. The van der Waals surface area contributed by atoms with E-state index in [1.165, 1.54) is 24.0 Å². The maximum atomic E-state index is 11.2. The van der Waals surface area contributed by atoms with Crippen molar-refractivity contribution in [1.82, 2.24) is 30.1 Å². The van der Waals surface area contributed by atoms with Crippen LogP contribution in [0, 0.1) is 0 Å². The van der Waals surface area contributed by atoms with E-state index >= 15 is 0 Å². The lowest BCUT2D eigenvalue weighted by Crippen LogP contribution is -2.11. The summed E-state index contributed by atoms with van der Waals surface area (Å²) in [6, 6.07) is 1.34. The summed E-state index contributed by atoms with van der Waals surface area (Å²) in [4.78, 5) is 26.2. The van der Waals surface area contributed by atoms with Crippen molar-refractivity contribution in [2.75, 3.05) is 5.43 Å². The van der Waals surface area contributed by atoms with E-state index in [0.717, 1.165) is 5.39 Å². The Morgan fingerprint density at radius 3 is 3.05 bits per heavy atom. The van der Waals surface area contributed by atoms with E-state index in [1.807, 2.05) is 0 Å². The molecule has 9 nitrogen and oxygen atoms in total. The Morgan fingerprint density at radius 1 is 1.37 bits per heavy atom. The fourth-order valence-electron chi connectivity index (χ4n) is 1.45. The van der Waals surface area contributed by atoms with E-state index in [1.54, 1.807) is 6.20 Å². The number of fused-ring (bicyclic) bond motifs is 1. The van der Waals surface area contributed by atoms with E-state index in [0.29, 0.717) is 15.8 Å². The highest BCUT2D eigenvalue weighted by Crippen LogP contribution is 2.28. The molecule has 0 aliphatic carbocycles. The van der Waals surface area contributed by atoms with Crippen LogP contribution in [0.2, 0.25) is 0 Å². The highest BCUT2D eigenvalue weighted by molar-refractivity contribution is 7.99. The van der Waals surface area contributed by atoms with E-state index in [4.69, 9.17) is 5.84 Å². The molecule has 0 spiro atoms. The van der Waals surface area contributed by atoms with Crippen LogP contribution in [0.15, 0.2) is 33.4 Å². The van der Waals surface area contributed by atoms with Crippen molar-refractivity contribution >= 4 is 28.7 Å². The predicted molar refractivity (Wildman–Crippen MR) is 68.5 cm³/mol. The van der Waals surface area contributed by atoms with Gasteiger partial charge in [-0.15, -0.1) is 0 Å². The van der Waals surface area contributed by atoms with Gasteiger partial charge in [-0.25, -0.2) is 15.8 Å². The first-order valence-electron chi connectivity index (χ1n) is 5.17. The number of anilines is 1. The molecule has 0 atom stereocenters. The number of nitrogens with zero attached hydrogens (tertiary/aromatic N) is 4. The largest absolute Gasteiger partial charge is 0.301 e. The number of rotatable bonds is 3. The van der Waals surface area contributed by atoms with Gasteiger partial charge in [-0.05, 0) is 11.8 Å². The van der Waals surface area contributed by atoms with E-state index in [2.05, 4.69) is 35.6 Å². The van der Waals surface area contributed by atoms with Crippen molar-refractivity contribution in [3.63, 3.8) is 0 Å². The van der Waals surface area contributed by atoms with Crippen LogP contribution in [-0.2, 0) is 0 Å². The summed E-state index contributed by atoms with van der Waals surface area (Å²) < 4.78 is 0. The van der Waals surface area contributed by atoms with E-state index in [9.17, 15) is 4.79 Å². The minimum absolute atomic E-state index is 0.229. The van der Waals surface area contributed by atoms with Crippen molar-refractivity contribution < 1.29 is 0 Å². The monoisotopic (exact) mass is 276 g/mol. The minimum Gasteiger partial charge on any atom is -0.301 e. The van der Waals surface area contributed by atoms with Crippen LogP contribution in [0.5, 0.6) is 0 Å². The molecular weight excluding hydrogens is 268 g/mol. The van der Waals surface area contributed by atoms with Crippen molar-refractivity contribution in [3.05, 3.63) is 28.8 Å². The van der Waals surface area contributed by atoms with E-state index < -0.39 is 0 Å². The molecule has 0 fully saturated rings. The SMILES string of the molecule is NNc1nc(Sc2nccc(=O)[nH]2)c2cn[nH]c2n1. The van der Waals surface area contributed by atoms with Crippen LogP contribution in [-0.4, -0.2) is 30.1 Å². The summed E-state index contributed by atoms with van der Waals surface area (Å²) in [6.45, 7) is 0. The fourth-order valence-corrected chi connectivity index (χ4v) is 2.29. The summed E-state index contributed by atoms with van der Waals surface area (Å²) in [5.41, 5.74) is 2.69. The number of aromatic nitrogens is 6. The Kier molecular flexibility index (Phi) is 2.85. The summed E-state index contributed by atoms with van der Waals surface area (Å²) in [5.74, 6) is 5.55. The number of nitrogens with one attached hydrogen (secondary N) is 3. The smallest absolute Gasteiger partial charge is 0.251 e. The predicted octanol–water partition coefficient (Wildman–Crippen LogP) is -0.127. The molecule has 0 saturated heterocycles. The van der Waals surface area contributed by atoms with Gasteiger partial charge in [-0.1, -0.05) is 0 Å². The van der Waals surface area contributed by atoms with Crippen LogP contribution in [0.4, 0.5) is 5.95 Å².